The van der Waals surface area contributed by atoms with Crippen LogP contribution in [0.15, 0.2) is 0 Å². The predicted molar refractivity (Wildman–Crippen MR) is 65.7 cm³/mol. The van der Waals surface area contributed by atoms with Crippen LogP contribution in [0.2, 0.25) is 0 Å². The molecule has 2 rings (SSSR count). The lowest BCUT2D eigenvalue weighted by molar-refractivity contribution is -0.147. The summed E-state index contributed by atoms with van der Waals surface area (Å²) in [4.78, 5) is 0. The first-order chi connectivity index (χ1) is 8.24. The van der Waals surface area contributed by atoms with E-state index in [1.165, 1.54) is 10.6 Å². The molecule has 3 atom stereocenters. The number of hydrogen-bond acceptors (Lipinski definition) is 5. The monoisotopic (exact) mass is 279 g/mol. The number of rotatable bonds is 3. The Morgan fingerprint density at radius 1 is 1.39 bits per heavy atom. The number of ether oxygens (including phenoxy) is 3. The molecule has 7 heteroatoms. The zero-order chi connectivity index (χ0) is 13.6. The average molecular weight is 279 g/mol. The summed E-state index contributed by atoms with van der Waals surface area (Å²) in [5, 5.41) is 0. The molecule has 6 nitrogen and oxygen atoms in total. The van der Waals surface area contributed by atoms with E-state index in [-0.39, 0.29) is 18.2 Å². The summed E-state index contributed by atoms with van der Waals surface area (Å²) in [6.07, 6.45) is 1.50. The first kappa shape index (κ1) is 14.2. The third kappa shape index (κ3) is 2.70. The number of methoxy groups -OCH3 is 1. The number of sulfonamides is 1. The van der Waals surface area contributed by atoms with Gasteiger partial charge in [-0.05, 0) is 20.3 Å². The van der Waals surface area contributed by atoms with Gasteiger partial charge < -0.3 is 14.2 Å². The fourth-order valence-electron chi connectivity index (χ4n) is 2.71. The van der Waals surface area contributed by atoms with Crippen molar-refractivity contribution in [3.05, 3.63) is 0 Å². The maximum absolute atomic E-state index is 11.8. The van der Waals surface area contributed by atoms with E-state index in [1.807, 2.05) is 13.8 Å². The van der Waals surface area contributed by atoms with Gasteiger partial charge in [0.15, 0.2) is 5.79 Å². The fourth-order valence-corrected chi connectivity index (χ4v) is 3.86. The maximum Gasteiger partial charge on any atom is 0.211 e. The molecule has 0 aromatic heterocycles. The minimum atomic E-state index is -3.25. The molecule has 0 spiro atoms. The molecule has 0 N–H and O–H groups in total. The summed E-state index contributed by atoms with van der Waals surface area (Å²) < 4.78 is 41.8. The van der Waals surface area contributed by atoms with Gasteiger partial charge in [-0.25, -0.2) is 8.42 Å². The Morgan fingerprint density at radius 2 is 2.06 bits per heavy atom. The molecule has 2 heterocycles. The van der Waals surface area contributed by atoms with Crippen molar-refractivity contribution in [2.75, 3.05) is 26.5 Å². The molecule has 2 fully saturated rings. The van der Waals surface area contributed by atoms with E-state index in [0.29, 0.717) is 19.6 Å². The van der Waals surface area contributed by atoms with Crippen LogP contribution < -0.4 is 0 Å². The molecule has 106 valence electrons. The third-order valence-electron chi connectivity index (χ3n) is 3.49. The van der Waals surface area contributed by atoms with Gasteiger partial charge in [0.1, 0.15) is 6.10 Å². The second-order valence-corrected chi connectivity index (χ2v) is 7.23. The molecule has 0 radical (unpaired) electrons. The Bertz CT molecular complexity index is 408. The van der Waals surface area contributed by atoms with E-state index in [0.717, 1.165) is 0 Å². The average Bonchev–Trinajstić information content (AvgIpc) is 2.79. The highest BCUT2D eigenvalue weighted by molar-refractivity contribution is 7.88. The van der Waals surface area contributed by atoms with E-state index in [4.69, 9.17) is 14.2 Å². The minimum Gasteiger partial charge on any atom is -0.380 e. The van der Waals surface area contributed by atoms with Crippen LogP contribution in [0.1, 0.15) is 20.3 Å². The molecule has 0 amide bonds. The zero-order valence-electron chi connectivity index (χ0n) is 11.3. The highest BCUT2D eigenvalue weighted by Gasteiger charge is 2.49. The van der Waals surface area contributed by atoms with E-state index in [9.17, 15) is 8.42 Å². The Labute approximate surface area is 108 Å². The van der Waals surface area contributed by atoms with E-state index in [1.54, 1.807) is 7.11 Å². The number of nitrogens with zero attached hydrogens (tertiary/aromatic N) is 1. The summed E-state index contributed by atoms with van der Waals surface area (Å²) in [7, 11) is -1.65. The fraction of sp³-hybridized carbons (Fsp3) is 1.00. The van der Waals surface area contributed by atoms with Gasteiger partial charge in [0, 0.05) is 13.7 Å². The highest BCUT2D eigenvalue weighted by atomic mass is 32.2. The van der Waals surface area contributed by atoms with Crippen molar-refractivity contribution in [2.24, 2.45) is 0 Å². The molecular formula is C11H21NO5S. The Morgan fingerprint density at radius 3 is 2.50 bits per heavy atom. The largest absolute Gasteiger partial charge is 0.380 e. The summed E-state index contributed by atoms with van der Waals surface area (Å²) in [6.45, 7) is 4.52. The second kappa shape index (κ2) is 4.72. The topological polar surface area (TPSA) is 65.1 Å². The molecule has 18 heavy (non-hydrogen) atoms. The van der Waals surface area contributed by atoms with Crippen molar-refractivity contribution in [3.8, 4) is 0 Å². The molecule has 0 saturated carbocycles. The van der Waals surface area contributed by atoms with Crippen LogP contribution >= 0.6 is 0 Å². The van der Waals surface area contributed by atoms with Crippen molar-refractivity contribution >= 4 is 10.0 Å². The lowest BCUT2D eigenvalue weighted by Gasteiger charge is -2.30. The molecule has 0 bridgehead atoms. The maximum atomic E-state index is 11.8. The Kier molecular flexibility index (Phi) is 3.72. The quantitative estimate of drug-likeness (QED) is 0.738. The molecule has 2 aliphatic heterocycles. The van der Waals surface area contributed by atoms with Crippen LogP contribution in [0.5, 0.6) is 0 Å². The summed E-state index contributed by atoms with van der Waals surface area (Å²) in [5.41, 5.74) is 0. The predicted octanol–water partition coefficient (Wildman–Crippen LogP) is 0.187. The van der Waals surface area contributed by atoms with Gasteiger partial charge in [-0.15, -0.1) is 0 Å². The van der Waals surface area contributed by atoms with Crippen LogP contribution in [0.4, 0.5) is 0 Å². The molecule has 0 unspecified atom stereocenters. The summed E-state index contributed by atoms with van der Waals surface area (Å²) >= 11 is 0. The van der Waals surface area contributed by atoms with Gasteiger partial charge >= 0.3 is 0 Å². The Hall–Kier alpha value is -0.210. The van der Waals surface area contributed by atoms with Gasteiger partial charge in [-0.3, -0.25) is 0 Å². The summed E-state index contributed by atoms with van der Waals surface area (Å²) in [5.74, 6) is -0.658. The first-order valence-electron chi connectivity index (χ1n) is 6.06. The van der Waals surface area contributed by atoms with Gasteiger partial charge in [0.25, 0.3) is 0 Å². The van der Waals surface area contributed by atoms with Crippen molar-refractivity contribution in [1.82, 2.24) is 4.31 Å². The molecular weight excluding hydrogens is 258 g/mol. The van der Waals surface area contributed by atoms with E-state index < -0.39 is 15.8 Å². The van der Waals surface area contributed by atoms with E-state index >= 15 is 0 Å². The first-order valence-corrected chi connectivity index (χ1v) is 7.91. The van der Waals surface area contributed by atoms with Gasteiger partial charge in [-0.2, -0.15) is 4.31 Å². The SMILES string of the molecule is CO[C@@H]1CCN(S(C)(=O)=O)[C@@H]1[C@H]1COC(C)(C)O1. The Balaban J connectivity index is 2.21. The van der Waals surface area contributed by atoms with Crippen molar-refractivity contribution in [2.45, 2.75) is 44.3 Å². The standard InChI is InChI=1S/C11H21NO5S/c1-11(2)16-7-9(17-11)10-8(15-3)5-6-12(10)18(4,13)14/h8-10H,5-7H2,1-4H3/t8-,9-,10+/m1/s1. The third-order valence-corrected chi connectivity index (χ3v) is 4.77. The van der Waals surface area contributed by atoms with Crippen LogP contribution in [0.3, 0.4) is 0 Å². The lowest BCUT2D eigenvalue weighted by Crippen LogP contribution is -2.48. The van der Waals surface area contributed by atoms with Gasteiger partial charge in [-0.1, -0.05) is 0 Å². The molecule has 0 aromatic rings. The number of hydrogen-bond donors (Lipinski definition) is 0. The van der Waals surface area contributed by atoms with Crippen molar-refractivity contribution in [3.63, 3.8) is 0 Å². The molecule has 2 aliphatic rings. The lowest BCUT2D eigenvalue weighted by atomic mass is 10.1. The summed E-state index contributed by atoms with van der Waals surface area (Å²) in [6, 6.07) is -0.299. The highest BCUT2D eigenvalue weighted by Crippen LogP contribution is 2.33. The smallest absolute Gasteiger partial charge is 0.211 e. The van der Waals surface area contributed by atoms with E-state index in [2.05, 4.69) is 0 Å². The van der Waals surface area contributed by atoms with Crippen molar-refractivity contribution < 1.29 is 22.6 Å². The van der Waals surface area contributed by atoms with Gasteiger partial charge in [0.2, 0.25) is 10.0 Å². The second-order valence-electron chi connectivity index (χ2n) is 5.29. The normalized spacial score (nSPS) is 37.2. The molecule has 0 aromatic carbocycles. The van der Waals surface area contributed by atoms with Gasteiger partial charge in [0.05, 0.1) is 25.0 Å². The van der Waals surface area contributed by atoms with Crippen molar-refractivity contribution in [1.29, 1.82) is 0 Å². The van der Waals surface area contributed by atoms with Crippen LogP contribution in [-0.2, 0) is 24.2 Å². The molecule has 2 saturated heterocycles. The minimum absolute atomic E-state index is 0.137. The van der Waals surface area contributed by atoms with Crippen LogP contribution in [0.25, 0.3) is 0 Å². The molecule has 0 aliphatic carbocycles. The zero-order valence-corrected chi connectivity index (χ0v) is 12.1. The van der Waals surface area contributed by atoms with Crippen LogP contribution in [-0.4, -0.2) is 63.3 Å². The van der Waals surface area contributed by atoms with Crippen LogP contribution in [0, 0.1) is 0 Å².